The van der Waals surface area contributed by atoms with E-state index in [1.807, 2.05) is 36.4 Å². The number of nitrogens with zero attached hydrogens (tertiary/aromatic N) is 1. The molecule has 0 heterocycles. The van der Waals surface area contributed by atoms with Crippen molar-refractivity contribution >= 4 is 33.7 Å². The molecule has 0 bridgehead atoms. The lowest BCUT2D eigenvalue weighted by Crippen LogP contribution is -2.34. The molecule has 2 rings (SSSR count). The first-order valence-electron chi connectivity index (χ1n) is 7.90. The second-order valence-corrected chi connectivity index (χ2v) is 6.84. The Morgan fingerprint density at radius 3 is 2.25 bits per heavy atom. The predicted molar refractivity (Wildman–Crippen MR) is 103 cm³/mol. The Kier molecular flexibility index (Phi) is 6.55. The largest absolute Gasteiger partial charge is 0.374 e. The van der Waals surface area contributed by atoms with Crippen LogP contribution in [0.25, 0.3) is 0 Å². The molecule has 24 heavy (non-hydrogen) atoms. The molecular formula is C19H22BrN3O. The first-order chi connectivity index (χ1) is 11.5. The lowest BCUT2D eigenvalue weighted by atomic mass is 10.0. The summed E-state index contributed by atoms with van der Waals surface area (Å²) in [7, 11) is 0. The number of rotatable bonds is 6. The number of amides is 1. The number of carbonyl (C=O) groups is 1. The zero-order valence-corrected chi connectivity index (χ0v) is 15.7. The third kappa shape index (κ3) is 5.49. The van der Waals surface area contributed by atoms with Gasteiger partial charge in [-0.1, -0.05) is 54.0 Å². The Balaban J connectivity index is 1.86. The second-order valence-electron chi connectivity index (χ2n) is 5.93. The summed E-state index contributed by atoms with van der Waals surface area (Å²) < 4.78 is 0.998. The third-order valence-electron chi connectivity index (χ3n) is 3.61. The Morgan fingerprint density at radius 1 is 1.04 bits per heavy atom. The van der Waals surface area contributed by atoms with Gasteiger partial charge in [-0.05, 0) is 48.2 Å². The first kappa shape index (κ1) is 18.2. The molecule has 2 N–H and O–H groups in total. The topological polar surface area (TPSA) is 53.5 Å². The molecule has 0 saturated heterocycles. The number of hydrogen-bond acceptors (Lipinski definition) is 3. The first-order valence-corrected chi connectivity index (χ1v) is 8.70. The van der Waals surface area contributed by atoms with Crippen molar-refractivity contribution in [1.29, 1.82) is 0 Å². The Bertz CT molecular complexity index is 694. The maximum atomic E-state index is 12.1. The van der Waals surface area contributed by atoms with Crippen LogP contribution in [0.2, 0.25) is 0 Å². The lowest BCUT2D eigenvalue weighted by Gasteiger charge is -2.13. The SMILES string of the molecule is CC(C)c1ccc(/C=N\NC(=O)[C@@H](C)Nc2ccc(Br)cc2)cc1. The van der Waals surface area contributed by atoms with Crippen molar-refractivity contribution in [3.05, 3.63) is 64.1 Å². The van der Waals surface area contributed by atoms with Gasteiger partial charge in [0, 0.05) is 10.2 Å². The van der Waals surface area contributed by atoms with Crippen LogP contribution in [-0.4, -0.2) is 18.2 Å². The molecule has 0 aromatic heterocycles. The maximum absolute atomic E-state index is 12.1. The summed E-state index contributed by atoms with van der Waals surface area (Å²) in [5, 5.41) is 7.15. The highest BCUT2D eigenvalue weighted by atomic mass is 79.9. The van der Waals surface area contributed by atoms with Crippen LogP contribution in [-0.2, 0) is 4.79 Å². The second kappa shape index (κ2) is 8.64. The number of halogens is 1. The van der Waals surface area contributed by atoms with E-state index in [1.54, 1.807) is 13.1 Å². The Hall–Kier alpha value is -2.14. The molecule has 0 spiro atoms. The molecule has 2 aromatic carbocycles. The van der Waals surface area contributed by atoms with Gasteiger partial charge in [-0.3, -0.25) is 4.79 Å². The van der Waals surface area contributed by atoms with Crippen LogP contribution in [0.1, 0.15) is 37.8 Å². The van der Waals surface area contributed by atoms with Gasteiger partial charge in [0.25, 0.3) is 5.91 Å². The quantitative estimate of drug-likeness (QED) is 0.565. The Labute approximate surface area is 151 Å². The van der Waals surface area contributed by atoms with Gasteiger partial charge < -0.3 is 5.32 Å². The van der Waals surface area contributed by atoms with Crippen LogP contribution >= 0.6 is 15.9 Å². The summed E-state index contributed by atoms with van der Waals surface area (Å²) in [6.07, 6.45) is 1.65. The highest BCUT2D eigenvalue weighted by molar-refractivity contribution is 9.10. The number of benzene rings is 2. The number of hydrazone groups is 1. The predicted octanol–water partition coefficient (Wildman–Crippen LogP) is 4.52. The van der Waals surface area contributed by atoms with Crippen molar-refractivity contribution in [3.8, 4) is 0 Å². The Morgan fingerprint density at radius 2 is 1.67 bits per heavy atom. The van der Waals surface area contributed by atoms with Crippen molar-refractivity contribution in [2.45, 2.75) is 32.7 Å². The molecule has 0 unspecified atom stereocenters. The summed E-state index contributed by atoms with van der Waals surface area (Å²) in [6, 6.07) is 15.4. The average Bonchev–Trinajstić information content (AvgIpc) is 2.57. The van der Waals surface area contributed by atoms with Crippen molar-refractivity contribution in [2.24, 2.45) is 5.10 Å². The highest BCUT2D eigenvalue weighted by Crippen LogP contribution is 2.15. The molecule has 0 radical (unpaired) electrons. The average molecular weight is 388 g/mol. The van der Waals surface area contributed by atoms with E-state index in [2.05, 4.69) is 57.8 Å². The van der Waals surface area contributed by atoms with Gasteiger partial charge in [0.15, 0.2) is 0 Å². The lowest BCUT2D eigenvalue weighted by molar-refractivity contribution is -0.121. The summed E-state index contributed by atoms with van der Waals surface area (Å²) in [6.45, 7) is 6.11. The van der Waals surface area contributed by atoms with Crippen LogP contribution in [0.4, 0.5) is 5.69 Å². The molecule has 2 aromatic rings. The van der Waals surface area contributed by atoms with E-state index in [-0.39, 0.29) is 11.9 Å². The number of anilines is 1. The van der Waals surface area contributed by atoms with Crippen molar-refractivity contribution in [1.82, 2.24) is 5.43 Å². The molecule has 4 nitrogen and oxygen atoms in total. The van der Waals surface area contributed by atoms with Crippen LogP contribution in [0, 0.1) is 0 Å². The fourth-order valence-electron chi connectivity index (χ4n) is 2.10. The minimum atomic E-state index is -0.383. The van der Waals surface area contributed by atoms with Crippen molar-refractivity contribution in [3.63, 3.8) is 0 Å². The van der Waals surface area contributed by atoms with Gasteiger partial charge in [-0.2, -0.15) is 5.10 Å². The van der Waals surface area contributed by atoms with Crippen LogP contribution in [0.3, 0.4) is 0 Å². The van der Waals surface area contributed by atoms with Gasteiger partial charge in [-0.25, -0.2) is 5.43 Å². The number of nitrogens with one attached hydrogen (secondary N) is 2. The fraction of sp³-hybridized carbons (Fsp3) is 0.263. The molecule has 0 fully saturated rings. The molecule has 126 valence electrons. The monoisotopic (exact) mass is 387 g/mol. The number of hydrogen-bond donors (Lipinski definition) is 2. The highest BCUT2D eigenvalue weighted by Gasteiger charge is 2.11. The molecule has 0 aliphatic heterocycles. The van der Waals surface area contributed by atoms with E-state index in [4.69, 9.17) is 0 Å². The summed E-state index contributed by atoms with van der Waals surface area (Å²) >= 11 is 3.38. The molecule has 0 aliphatic rings. The van der Waals surface area contributed by atoms with E-state index in [9.17, 15) is 4.79 Å². The smallest absolute Gasteiger partial charge is 0.262 e. The number of carbonyl (C=O) groups excluding carboxylic acids is 1. The van der Waals surface area contributed by atoms with E-state index in [1.165, 1.54) is 5.56 Å². The minimum Gasteiger partial charge on any atom is -0.374 e. The van der Waals surface area contributed by atoms with Gasteiger partial charge in [0.2, 0.25) is 0 Å². The standard InChI is InChI=1S/C19H22BrN3O/c1-13(2)16-6-4-15(5-7-16)12-21-23-19(24)14(3)22-18-10-8-17(20)9-11-18/h4-14,22H,1-3H3,(H,23,24)/b21-12-/t14-/m1/s1. The van der Waals surface area contributed by atoms with Crippen molar-refractivity contribution < 1.29 is 4.79 Å². The van der Waals surface area contributed by atoms with E-state index in [0.29, 0.717) is 5.92 Å². The van der Waals surface area contributed by atoms with Crippen LogP contribution in [0.15, 0.2) is 58.1 Å². The van der Waals surface area contributed by atoms with Crippen LogP contribution in [0.5, 0.6) is 0 Å². The zero-order valence-electron chi connectivity index (χ0n) is 14.1. The van der Waals surface area contributed by atoms with E-state index >= 15 is 0 Å². The van der Waals surface area contributed by atoms with E-state index in [0.717, 1.165) is 15.7 Å². The van der Waals surface area contributed by atoms with Gasteiger partial charge in [0.05, 0.1) is 6.21 Å². The molecular weight excluding hydrogens is 366 g/mol. The minimum absolute atomic E-state index is 0.187. The van der Waals surface area contributed by atoms with Gasteiger partial charge in [-0.15, -0.1) is 0 Å². The molecule has 1 atom stereocenters. The third-order valence-corrected chi connectivity index (χ3v) is 4.14. The van der Waals surface area contributed by atoms with Crippen molar-refractivity contribution in [2.75, 3.05) is 5.32 Å². The maximum Gasteiger partial charge on any atom is 0.262 e. The van der Waals surface area contributed by atoms with Crippen LogP contribution < -0.4 is 10.7 Å². The van der Waals surface area contributed by atoms with Gasteiger partial charge in [0.1, 0.15) is 6.04 Å². The zero-order chi connectivity index (χ0) is 17.5. The normalized spacial score (nSPS) is 12.4. The summed E-state index contributed by atoms with van der Waals surface area (Å²) in [5.41, 5.74) is 5.68. The molecule has 5 heteroatoms. The van der Waals surface area contributed by atoms with E-state index < -0.39 is 0 Å². The molecule has 1 amide bonds. The fourth-order valence-corrected chi connectivity index (χ4v) is 2.36. The summed E-state index contributed by atoms with van der Waals surface area (Å²) in [4.78, 5) is 12.1. The molecule has 0 aliphatic carbocycles. The molecule has 0 saturated carbocycles. The summed E-state index contributed by atoms with van der Waals surface area (Å²) in [5.74, 6) is 0.314. The van der Waals surface area contributed by atoms with Gasteiger partial charge >= 0.3 is 0 Å².